The summed E-state index contributed by atoms with van der Waals surface area (Å²) in [4.78, 5) is 12.2. The molecule has 1 N–H and O–H groups in total. The third kappa shape index (κ3) is 2.85. The summed E-state index contributed by atoms with van der Waals surface area (Å²) >= 11 is 0. The number of nitrogens with one attached hydrogen (secondary N) is 1. The highest BCUT2D eigenvalue weighted by atomic mass is 19.1. The highest BCUT2D eigenvalue weighted by molar-refractivity contribution is 6.06. The number of halogens is 2. The summed E-state index contributed by atoms with van der Waals surface area (Å²) < 4.78 is 26.6. The van der Waals surface area contributed by atoms with Gasteiger partial charge >= 0.3 is 0 Å². The lowest BCUT2D eigenvalue weighted by Crippen LogP contribution is -2.16. The molecule has 2 aromatic rings. The average molecular weight is 275 g/mol. The van der Waals surface area contributed by atoms with Crippen molar-refractivity contribution in [1.29, 1.82) is 0 Å². The van der Waals surface area contributed by atoms with Crippen LogP contribution < -0.4 is 5.32 Å². The predicted octanol–water partition coefficient (Wildman–Crippen LogP) is 4.14. The Bertz CT molecular complexity index is 657. The Balaban J connectivity index is 2.36. The smallest absolute Gasteiger partial charge is 0.256 e. The van der Waals surface area contributed by atoms with E-state index in [4.69, 9.17) is 0 Å². The third-order valence-electron chi connectivity index (χ3n) is 3.08. The first-order valence-electron chi connectivity index (χ1n) is 6.22. The lowest BCUT2D eigenvalue weighted by molar-refractivity contribution is 0.102. The first-order chi connectivity index (χ1) is 9.38. The Morgan fingerprint density at radius 2 is 1.60 bits per heavy atom. The van der Waals surface area contributed by atoms with E-state index in [-0.39, 0.29) is 5.69 Å². The molecule has 1 amide bonds. The number of benzene rings is 2. The Morgan fingerprint density at radius 1 is 1.00 bits per heavy atom. The Labute approximate surface area is 116 Å². The zero-order valence-corrected chi connectivity index (χ0v) is 11.6. The van der Waals surface area contributed by atoms with Crippen molar-refractivity contribution in [2.45, 2.75) is 20.8 Å². The van der Waals surface area contributed by atoms with E-state index in [2.05, 4.69) is 5.32 Å². The van der Waals surface area contributed by atoms with Crippen LogP contribution in [0.2, 0.25) is 0 Å². The van der Waals surface area contributed by atoms with Gasteiger partial charge in [-0.15, -0.1) is 0 Å². The van der Waals surface area contributed by atoms with Crippen LogP contribution in [0.4, 0.5) is 14.5 Å². The third-order valence-corrected chi connectivity index (χ3v) is 3.08. The molecule has 0 unspecified atom stereocenters. The maximum absolute atomic E-state index is 13.5. The standard InChI is InChI=1S/C16H15F2NO/c1-9-6-10(2)15(11(3)7-9)16(20)19-14-8-12(17)4-5-13(14)18/h4-8H,1-3H3,(H,19,20). The molecule has 2 nitrogen and oxygen atoms in total. The molecule has 2 aromatic carbocycles. The lowest BCUT2D eigenvalue weighted by atomic mass is 9.99. The van der Waals surface area contributed by atoms with Crippen molar-refractivity contribution in [3.63, 3.8) is 0 Å². The maximum Gasteiger partial charge on any atom is 0.256 e. The summed E-state index contributed by atoms with van der Waals surface area (Å²) in [5.74, 6) is -1.70. The molecule has 2 rings (SSSR count). The van der Waals surface area contributed by atoms with Gasteiger partial charge < -0.3 is 5.32 Å². The van der Waals surface area contributed by atoms with Crippen molar-refractivity contribution < 1.29 is 13.6 Å². The van der Waals surface area contributed by atoms with Crippen molar-refractivity contribution in [2.24, 2.45) is 0 Å². The van der Waals surface area contributed by atoms with Crippen LogP contribution in [0.3, 0.4) is 0 Å². The van der Waals surface area contributed by atoms with Crippen LogP contribution >= 0.6 is 0 Å². The number of hydrogen-bond acceptors (Lipinski definition) is 1. The van der Waals surface area contributed by atoms with Crippen LogP contribution in [-0.2, 0) is 0 Å². The van der Waals surface area contributed by atoms with Crippen LogP contribution in [-0.4, -0.2) is 5.91 Å². The van der Waals surface area contributed by atoms with E-state index in [9.17, 15) is 13.6 Å². The minimum absolute atomic E-state index is 0.158. The highest BCUT2D eigenvalue weighted by Crippen LogP contribution is 2.20. The summed E-state index contributed by atoms with van der Waals surface area (Å²) in [6.45, 7) is 5.57. The molecule has 0 bridgehead atoms. The fraction of sp³-hybridized carbons (Fsp3) is 0.188. The minimum Gasteiger partial charge on any atom is -0.319 e. The molecular formula is C16H15F2NO. The first-order valence-corrected chi connectivity index (χ1v) is 6.22. The molecule has 0 aliphatic rings. The monoisotopic (exact) mass is 275 g/mol. The van der Waals surface area contributed by atoms with Gasteiger partial charge in [0.05, 0.1) is 5.69 Å². The van der Waals surface area contributed by atoms with Crippen molar-refractivity contribution in [3.05, 3.63) is 64.2 Å². The second-order valence-electron chi connectivity index (χ2n) is 4.85. The molecule has 0 radical (unpaired) electrons. The van der Waals surface area contributed by atoms with Gasteiger partial charge in [0.1, 0.15) is 11.6 Å². The van der Waals surface area contributed by atoms with Crippen molar-refractivity contribution in [2.75, 3.05) is 5.32 Å². The molecule has 0 saturated carbocycles. The van der Waals surface area contributed by atoms with Gasteiger partial charge in [0, 0.05) is 11.6 Å². The van der Waals surface area contributed by atoms with Crippen molar-refractivity contribution in [1.82, 2.24) is 0 Å². The van der Waals surface area contributed by atoms with Gasteiger partial charge in [0.15, 0.2) is 0 Å². The maximum atomic E-state index is 13.5. The van der Waals surface area contributed by atoms with E-state index < -0.39 is 17.5 Å². The molecule has 0 aromatic heterocycles. The minimum atomic E-state index is -0.665. The molecule has 0 heterocycles. The van der Waals surface area contributed by atoms with E-state index in [0.717, 1.165) is 34.9 Å². The molecule has 0 saturated heterocycles. The normalized spacial score (nSPS) is 10.4. The quantitative estimate of drug-likeness (QED) is 0.876. The van der Waals surface area contributed by atoms with Crippen LogP contribution in [0.25, 0.3) is 0 Å². The number of amides is 1. The number of rotatable bonds is 2. The topological polar surface area (TPSA) is 29.1 Å². The number of carbonyl (C=O) groups is 1. The fourth-order valence-electron chi connectivity index (χ4n) is 2.32. The van der Waals surface area contributed by atoms with Gasteiger partial charge in [0.25, 0.3) is 5.91 Å². The summed E-state index contributed by atoms with van der Waals surface area (Å²) in [7, 11) is 0. The second kappa shape index (κ2) is 5.41. The van der Waals surface area contributed by atoms with E-state index in [0.29, 0.717) is 5.56 Å². The van der Waals surface area contributed by atoms with E-state index >= 15 is 0 Å². The summed E-state index contributed by atoms with van der Waals surface area (Å²) in [6.07, 6.45) is 0. The van der Waals surface area contributed by atoms with Crippen LogP contribution in [0.15, 0.2) is 30.3 Å². The Kier molecular flexibility index (Phi) is 3.84. The predicted molar refractivity (Wildman–Crippen MR) is 75.0 cm³/mol. The fourth-order valence-corrected chi connectivity index (χ4v) is 2.32. The number of anilines is 1. The summed E-state index contributed by atoms with van der Waals surface area (Å²) in [5.41, 5.74) is 2.98. The SMILES string of the molecule is Cc1cc(C)c(C(=O)Nc2cc(F)ccc2F)c(C)c1. The summed E-state index contributed by atoms with van der Waals surface area (Å²) in [6, 6.07) is 6.72. The lowest BCUT2D eigenvalue weighted by Gasteiger charge is -2.12. The van der Waals surface area contributed by atoms with Crippen molar-refractivity contribution in [3.8, 4) is 0 Å². The van der Waals surface area contributed by atoms with Gasteiger partial charge in [-0.05, 0) is 44.0 Å². The molecule has 0 atom stereocenters. The largest absolute Gasteiger partial charge is 0.319 e. The van der Waals surface area contributed by atoms with Gasteiger partial charge in [-0.2, -0.15) is 0 Å². The van der Waals surface area contributed by atoms with Crippen LogP contribution in [0, 0.1) is 32.4 Å². The molecule has 104 valence electrons. The zero-order valence-electron chi connectivity index (χ0n) is 11.6. The summed E-state index contributed by atoms with van der Waals surface area (Å²) in [5, 5.41) is 2.41. The van der Waals surface area contributed by atoms with Gasteiger partial charge in [0.2, 0.25) is 0 Å². The second-order valence-corrected chi connectivity index (χ2v) is 4.85. The van der Waals surface area contributed by atoms with E-state index in [1.807, 2.05) is 32.9 Å². The number of hydrogen-bond donors (Lipinski definition) is 1. The average Bonchev–Trinajstić information content (AvgIpc) is 2.32. The van der Waals surface area contributed by atoms with E-state index in [1.54, 1.807) is 0 Å². The number of aryl methyl sites for hydroxylation is 3. The molecule has 4 heteroatoms. The van der Waals surface area contributed by atoms with Crippen LogP contribution in [0.5, 0.6) is 0 Å². The molecule has 0 spiro atoms. The van der Waals surface area contributed by atoms with Crippen molar-refractivity contribution >= 4 is 11.6 Å². The first kappa shape index (κ1) is 14.2. The molecular weight excluding hydrogens is 260 g/mol. The Morgan fingerprint density at radius 3 is 2.20 bits per heavy atom. The molecule has 0 fully saturated rings. The number of carbonyl (C=O) groups excluding carboxylic acids is 1. The van der Waals surface area contributed by atoms with Crippen LogP contribution in [0.1, 0.15) is 27.0 Å². The molecule has 0 aliphatic heterocycles. The van der Waals surface area contributed by atoms with E-state index in [1.165, 1.54) is 0 Å². The highest BCUT2D eigenvalue weighted by Gasteiger charge is 2.15. The Hall–Kier alpha value is -2.23. The zero-order chi connectivity index (χ0) is 14.9. The molecule has 20 heavy (non-hydrogen) atoms. The van der Waals surface area contributed by atoms with Gasteiger partial charge in [-0.25, -0.2) is 8.78 Å². The van der Waals surface area contributed by atoms with Gasteiger partial charge in [-0.3, -0.25) is 4.79 Å². The van der Waals surface area contributed by atoms with Gasteiger partial charge in [-0.1, -0.05) is 17.7 Å². The molecule has 0 aliphatic carbocycles.